The van der Waals surface area contributed by atoms with E-state index in [9.17, 15) is 0 Å². The molecule has 2 aromatic rings. The van der Waals surface area contributed by atoms with Crippen molar-refractivity contribution in [3.63, 3.8) is 0 Å². The van der Waals surface area contributed by atoms with E-state index in [2.05, 4.69) is 42.5 Å². The first-order valence-corrected chi connectivity index (χ1v) is 5.50. The molecule has 0 saturated carbocycles. The van der Waals surface area contributed by atoms with E-state index in [0.29, 0.717) is 5.92 Å². The van der Waals surface area contributed by atoms with Crippen LogP contribution in [0.1, 0.15) is 17.9 Å². The van der Waals surface area contributed by atoms with Crippen LogP contribution >= 0.6 is 0 Å². The summed E-state index contributed by atoms with van der Waals surface area (Å²) in [5.41, 5.74) is 1.45. The molecule has 1 heteroatoms. The van der Waals surface area contributed by atoms with Crippen molar-refractivity contribution in [3.05, 3.63) is 48.0 Å². The highest BCUT2D eigenvalue weighted by Crippen LogP contribution is 2.30. The number of benzene rings is 2. The van der Waals surface area contributed by atoms with E-state index in [-0.39, 0.29) is 0 Å². The van der Waals surface area contributed by atoms with E-state index < -0.39 is 0 Å². The molecule has 0 aromatic heterocycles. The summed E-state index contributed by atoms with van der Waals surface area (Å²) in [7, 11) is 0. The summed E-state index contributed by atoms with van der Waals surface area (Å²) < 4.78 is 5.46. The lowest BCUT2D eigenvalue weighted by atomic mass is 9.93. The van der Waals surface area contributed by atoms with Gasteiger partial charge in [-0.25, -0.2) is 0 Å². The minimum Gasteiger partial charge on any atom is -0.381 e. The Balaban J connectivity index is 2.16. The zero-order valence-corrected chi connectivity index (χ0v) is 8.65. The summed E-state index contributed by atoms with van der Waals surface area (Å²) in [6.45, 7) is 1.79. The molecule has 2 aromatic carbocycles. The van der Waals surface area contributed by atoms with Crippen molar-refractivity contribution >= 4 is 10.8 Å². The number of fused-ring (bicyclic) bond motifs is 1. The molecular formula is C14H14O. The van der Waals surface area contributed by atoms with Gasteiger partial charge in [0.15, 0.2) is 0 Å². The molecule has 1 aliphatic heterocycles. The number of rotatable bonds is 1. The van der Waals surface area contributed by atoms with Crippen LogP contribution in [0.25, 0.3) is 10.8 Å². The molecule has 0 bridgehead atoms. The Bertz CT molecular complexity index is 464. The van der Waals surface area contributed by atoms with Crippen molar-refractivity contribution in [2.24, 2.45) is 0 Å². The lowest BCUT2D eigenvalue weighted by Gasteiger charge is -2.11. The van der Waals surface area contributed by atoms with Crippen molar-refractivity contribution < 1.29 is 4.74 Å². The number of ether oxygens (including phenoxy) is 1. The number of hydrogen-bond donors (Lipinski definition) is 0. The van der Waals surface area contributed by atoms with Crippen molar-refractivity contribution in [2.75, 3.05) is 13.2 Å². The van der Waals surface area contributed by atoms with E-state index in [1.54, 1.807) is 0 Å². The Labute approximate surface area is 89.7 Å². The lowest BCUT2D eigenvalue weighted by Crippen LogP contribution is -1.98. The van der Waals surface area contributed by atoms with Gasteiger partial charge in [-0.15, -0.1) is 0 Å². The average Bonchev–Trinajstić information content (AvgIpc) is 2.82. The molecule has 1 heterocycles. The minimum atomic E-state index is 0.594. The highest BCUT2D eigenvalue weighted by molar-refractivity contribution is 5.86. The predicted octanol–water partition coefficient (Wildman–Crippen LogP) is 3.34. The quantitative estimate of drug-likeness (QED) is 0.682. The Morgan fingerprint density at radius 3 is 2.73 bits per heavy atom. The molecule has 1 nitrogen and oxygen atoms in total. The highest BCUT2D eigenvalue weighted by Gasteiger charge is 2.19. The zero-order valence-electron chi connectivity index (χ0n) is 8.65. The maximum atomic E-state index is 5.46. The van der Waals surface area contributed by atoms with E-state index in [0.717, 1.165) is 19.6 Å². The van der Waals surface area contributed by atoms with Crippen LogP contribution in [0.15, 0.2) is 42.5 Å². The van der Waals surface area contributed by atoms with Gasteiger partial charge in [0, 0.05) is 12.5 Å². The molecule has 76 valence electrons. The minimum absolute atomic E-state index is 0.594. The van der Waals surface area contributed by atoms with Crippen molar-refractivity contribution in [3.8, 4) is 0 Å². The monoisotopic (exact) mass is 198 g/mol. The van der Waals surface area contributed by atoms with Gasteiger partial charge >= 0.3 is 0 Å². The van der Waals surface area contributed by atoms with Gasteiger partial charge in [0.2, 0.25) is 0 Å². The van der Waals surface area contributed by atoms with Crippen LogP contribution in [0.4, 0.5) is 0 Å². The second kappa shape index (κ2) is 3.67. The third-order valence-electron chi connectivity index (χ3n) is 3.19. The van der Waals surface area contributed by atoms with Gasteiger partial charge in [0.05, 0.1) is 6.61 Å². The first-order valence-electron chi connectivity index (χ1n) is 5.50. The Kier molecular flexibility index (Phi) is 2.18. The molecule has 0 aliphatic carbocycles. The Morgan fingerprint density at radius 2 is 1.87 bits per heavy atom. The van der Waals surface area contributed by atoms with Gasteiger partial charge < -0.3 is 4.74 Å². The second-order valence-corrected chi connectivity index (χ2v) is 4.13. The smallest absolute Gasteiger partial charge is 0.0535 e. The van der Waals surface area contributed by atoms with Crippen LogP contribution in [0, 0.1) is 0 Å². The van der Waals surface area contributed by atoms with Gasteiger partial charge in [-0.1, -0.05) is 42.5 Å². The fourth-order valence-corrected chi connectivity index (χ4v) is 2.39. The zero-order chi connectivity index (χ0) is 10.1. The molecule has 1 fully saturated rings. The van der Waals surface area contributed by atoms with Gasteiger partial charge in [-0.3, -0.25) is 0 Å². The summed E-state index contributed by atoms with van der Waals surface area (Å²) in [5, 5.41) is 2.72. The van der Waals surface area contributed by atoms with Crippen molar-refractivity contribution in [1.29, 1.82) is 0 Å². The lowest BCUT2D eigenvalue weighted by molar-refractivity contribution is 0.194. The standard InChI is InChI=1S/C14H14O/c1-2-6-13-11(4-1)5-3-7-14(13)12-8-9-15-10-12/h1-7,12H,8-10H2/t12-/m1/s1. The van der Waals surface area contributed by atoms with Gasteiger partial charge in [0.25, 0.3) is 0 Å². The molecule has 15 heavy (non-hydrogen) atoms. The molecule has 0 N–H and O–H groups in total. The highest BCUT2D eigenvalue weighted by atomic mass is 16.5. The summed E-state index contributed by atoms with van der Waals surface area (Å²) in [4.78, 5) is 0. The van der Waals surface area contributed by atoms with E-state index in [1.165, 1.54) is 16.3 Å². The normalized spacial score (nSPS) is 20.9. The van der Waals surface area contributed by atoms with Crippen molar-refractivity contribution in [1.82, 2.24) is 0 Å². The maximum absolute atomic E-state index is 5.46. The Morgan fingerprint density at radius 1 is 1.00 bits per heavy atom. The third kappa shape index (κ3) is 1.53. The van der Waals surface area contributed by atoms with E-state index in [1.807, 2.05) is 0 Å². The van der Waals surface area contributed by atoms with Crippen LogP contribution in [0.2, 0.25) is 0 Å². The fraction of sp³-hybridized carbons (Fsp3) is 0.286. The van der Waals surface area contributed by atoms with Gasteiger partial charge in [0.1, 0.15) is 0 Å². The summed E-state index contributed by atoms with van der Waals surface area (Å²) >= 11 is 0. The Hall–Kier alpha value is -1.34. The largest absolute Gasteiger partial charge is 0.381 e. The second-order valence-electron chi connectivity index (χ2n) is 4.13. The SMILES string of the molecule is c1ccc2c([C@@H]3CCOC3)cccc2c1. The summed E-state index contributed by atoms with van der Waals surface area (Å²) in [6, 6.07) is 15.2. The first kappa shape index (κ1) is 8.93. The topological polar surface area (TPSA) is 9.23 Å². The third-order valence-corrected chi connectivity index (χ3v) is 3.19. The molecular weight excluding hydrogens is 184 g/mol. The van der Waals surface area contributed by atoms with Crippen LogP contribution < -0.4 is 0 Å². The van der Waals surface area contributed by atoms with Crippen LogP contribution in [0.5, 0.6) is 0 Å². The molecule has 1 saturated heterocycles. The molecule has 1 aliphatic rings. The maximum Gasteiger partial charge on any atom is 0.0535 e. The van der Waals surface area contributed by atoms with E-state index >= 15 is 0 Å². The van der Waals surface area contributed by atoms with Crippen LogP contribution in [-0.2, 0) is 4.74 Å². The van der Waals surface area contributed by atoms with Crippen molar-refractivity contribution in [2.45, 2.75) is 12.3 Å². The van der Waals surface area contributed by atoms with E-state index in [4.69, 9.17) is 4.74 Å². The predicted molar refractivity (Wildman–Crippen MR) is 62.1 cm³/mol. The van der Waals surface area contributed by atoms with Gasteiger partial charge in [-0.05, 0) is 22.8 Å². The summed E-state index contributed by atoms with van der Waals surface area (Å²) in [6.07, 6.45) is 1.16. The molecule has 0 unspecified atom stereocenters. The van der Waals surface area contributed by atoms with Gasteiger partial charge in [-0.2, -0.15) is 0 Å². The molecule has 0 radical (unpaired) electrons. The first-order chi connectivity index (χ1) is 7.45. The summed E-state index contributed by atoms with van der Waals surface area (Å²) in [5.74, 6) is 0.594. The average molecular weight is 198 g/mol. The number of hydrogen-bond acceptors (Lipinski definition) is 1. The molecule has 0 spiro atoms. The molecule has 1 atom stereocenters. The fourth-order valence-electron chi connectivity index (χ4n) is 2.39. The molecule has 0 amide bonds. The van der Waals surface area contributed by atoms with Crippen LogP contribution in [-0.4, -0.2) is 13.2 Å². The molecule has 3 rings (SSSR count). The van der Waals surface area contributed by atoms with Crippen LogP contribution in [0.3, 0.4) is 0 Å².